The molecule has 0 atom stereocenters. The molecule has 0 fully saturated rings. The van der Waals surface area contributed by atoms with E-state index in [1.807, 2.05) is 12.1 Å². The Morgan fingerprint density at radius 3 is 2.81 bits per heavy atom. The lowest BCUT2D eigenvalue weighted by Gasteiger charge is -2.03. The Kier molecular flexibility index (Phi) is 3.50. The van der Waals surface area contributed by atoms with E-state index in [0.29, 0.717) is 10.6 Å². The first-order valence-electron chi connectivity index (χ1n) is 5.86. The number of hydrogen-bond acceptors (Lipinski definition) is 5. The third-order valence-corrected chi connectivity index (χ3v) is 3.56. The van der Waals surface area contributed by atoms with Crippen LogP contribution in [-0.2, 0) is 0 Å². The summed E-state index contributed by atoms with van der Waals surface area (Å²) in [5, 5.41) is 20.5. The van der Waals surface area contributed by atoms with Crippen LogP contribution in [0, 0.1) is 11.3 Å². The number of nitriles is 1. The van der Waals surface area contributed by atoms with Gasteiger partial charge in [-0.05, 0) is 30.3 Å². The first-order chi connectivity index (χ1) is 10.2. The number of halogens is 2. The van der Waals surface area contributed by atoms with E-state index in [2.05, 4.69) is 15.3 Å². The van der Waals surface area contributed by atoms with E-state index >= 15 is 0 Å². The van der Waals surface area contributed by atoms with E-state index in [0.717, 1.165) is 9.41 Å². The molecule has 2 heterocycles. The second kappa shape index (κ2) is 5.46. The van der Waals surface area contributed by atoms with Crippen LogP contribution in [0.2, 0.25) is 0 Å². The molecule has 0 saturated carbocycles. The molecule has 8 heteroatoms. The monoisotopic (exact) mass is 303 g/mol. The van der Waals surface area contributed by atoms with Crippen LogP contribution in [0.4, 0.5) is 8.78 Å². The molecule has 0 amide bonds. The van der Waals surface area contributed by atoms with Crippen LogP contribution in [-0.4, -0.2) is 19.8 Å². The summed E-state index contributed by atoms with van der Waals surface area (Å²) in [6, 6.07) is 12.3. The van der Waals surface area contributed by atoms with Gasteiger partial charge in [-0.2, -0.15) is 14.9 Å². The predicted molar refractivity (Wildman–Crippen MR) is 71.0 cm³/mol. The van der Waals surface area contributed by atoms with Crippen LogP contribution in [0.1, 0.15) is 17.8 Å². The summed E-state index contributed by atoms with van der Waals surface area (Å²) in [5.41, 5.74) is 0.791. The van der Waals surface area contributed by atoms with E-state index in [1.165, 1.54) is 11.8 Å². The second-order valence-corrected chi connectivity index (χ2v) is 5.14. The summed E-state index contributed by atoms with van der Waals surface area (Å²) >= 11 is 1.27. The van der Waals surface area contributed by atoms with Crippen molar-refractivity contribution in [3.05, 3.63) is 47.8 Å². The second-order valence-electron chi connectivity index (χ2n) is 4.04. The summed E-state index contributed by atoms with van der Waals surface area (Å²) in [6.45, 7) is 0. The van der Waals surface area contributed by atoms with Crippen molar-refractivity contribution in [3.8, 4) is 6.07 Å². The Morgan fingerprint density at radius 1 is 1.19 bits per heavy atom. The maximum Gasteiger partial charge on any atom is 0.299 e. The Balaban J connectivity index is 1.97. The number of fused-ring (bicyclic) bond motifs is 1. The van der Waals surface area contributed by atoms with E-state index in [9.17, 15) is 8.78 Å². The quantitative estimate of drug-likeness (QED) is 0.744. The van der Waals surface area contributed by atoms with Crippen LogP contribution in [0.3, 0.4) is 0 Å². The van der Waals surface area contributed by atoms with Gasteiger partial charge in [0.25, 0.3) is 6.43 Å². The van der Waals surface area contributed by atoms with Gasteiger partial charge in [0.15, 0.2) is 5.65 Å². The lowest BCUT2D eigenvalue weighted by Crippen LogP contribution is -2.00. The van der Waals surface area contributed by atoms with Crippen molar-refractivity contribution < 1.29 is 8.78 Å². The highest BCUT2D eigenvalue weighted by molar-refractivity contribution is 7.99. The average Bonchev–Trinajstić information content (AvgIpc) is 2.91. The Bertz CT molecular complexity index is 840. The molecule has 0 saturated heterocycles. The molecule has 0 aliphatic rings. The van der Waals surface area contributed by atoms with Crippen molar-refractivity contribution in [2.75, 3.05) is 0 Å². The molecule has 0 radical (unpaired) electrons. The number of aromatic nitrogens is 4. The maximum absolute atomic E-state index is 12.8. The smallest absolute Gasteiger partial charge is 0.201 e. The fourth-order valence-electron chi connectivity index (χ4n) is 1.73. The van der Waals surface area contributed by atoms with Crippen LogP contribution < -0.4 is 0 Å². The Hall–Kier alpha value is -2.53. The molecule has 5 nitrogen and oxygen atoms in total. The number of benzene rings is 1. The highest BCUT2D eigenvalue weighted by Gasteiger charge is 2.17. The van der Waals surface area contributed by atoms with Crippen molar-refractivity contribution in [2.24, 2.45) is 0 Å². The summed E-state index contributed by atoms with van der Waals surface area (Å²) in [7, 11) is 0. The van der Waals surface area contributed by atoms with Gasteiger partial charge in [-0.15, -0.1) is 10.2 Å². The van der Waals surface area contributed by atoms with Gasteiger partial charge in [0.1, 0.15) is 5.03 Å². The minimum atomic E-state index is -2.74. The first-order valence-corrected chi connectivity index (χ1v) is 6.67. The van der Waals surface area contributed by atoms with E-state index < -0.39 is 12.2 Å². The molecule has 1 aromatic carbocycles. The highest BCUT2D eigenvalue weighted by atomic mass is 32.2. The van der Waals surface area contributed by atoms with Gasteiger partial charge < -0.3 is 0 Å². The zero-order chi connectivity index (χ0) is 14.8. The van der Waals surface area contributed by atoms with Crippen molar-refractivity contribution in [2.45, 2.75) is 16.3 Å². The van der Waals surface area contributed by atoms with Crippen LogP contribution in [0.25, 0.3) is 5.65 Å². The third kappa shape index (κ3) is 2.68. The SMILES string of the molecule is N#Cc1cccc(Sc2ccc3nnc(C(F)F)n3n2)c1. The minimum Gasteiger partial charge on any atom is -0.201 e. The maximum atomic E-state index is 12.8. The summed E-state index contributed by atoms with van der Waals surface area (Å²) < 4.78 is 26.6. The third-order valence-electron chi connectivity index (χ3n) is 2.64. The molecule has 2 aromatic heterocycles. The van der Waals surface area contributed by atoms with Crippen LogP contribution in [0.15, 0.2) is 46.3 Å². The first kappa shape index (κ1) is 13.5. The predicted octanol–water partition coefficient (Wildman–Crippen LogP) is 3.08. The lowest BCUT2D eigenvalue weighted by molar-refractivity contribution is 0.137. The van der Waals surface area contributed by atoms with Gasteiger partial charge in [-0.3, -0.25) is 0 Å². The molecule has 21 heavy (non-hydrogen) atoms. The fraction of sp³-hybridized carbons (Fsp3) is 0.0769. The Labute approximate surface area is 122 Å². The van der Waals surface area contributed by atoms with E-state index in [1.54, 1.807) is 30.3 Å². The van der Waals surface area contributed by atoms with Gasteiger partial charge in [0.05, 0.1) is 11.6 Å². The molecule has 0 unspecified atom stereocenters. The summed E-state index contributed by atoms with van der Waals surface area (Å²) in [4.78, 5) is 0.799. The van der Waals surface area contributed by atoms with E-state index in [4.69, 9.17) is 5.26 Å². The normalized spacial score (nSPS) is 11.0. The number of nitrogens with zero attached hydrogens (tertiary/aromatic N) is 5. The van der Waals surface area contributed by atoms with Crippen molar-refractivity contribution in [1.82, 2.24) is 19.8 Å². The topological polar surface area (TPSA) is 66.9 Å². The van der Waals surface area contributed by atoms with Gasteiger partial charge in [0.2, 0.25) is 5.82 Å². The zero-order valence-electron chi connectivity index (χ0n) is 10.4. The molecule has 0 spiro atoms. The molecule has 0 aliphatic heterocycles. The zero-order valence-corrected chi connectivity index (χ0v) is 11.3. The Morgan fingerprint density at radius 2 is 2.05 bits per heavy atom. The van der Waals surface area contributed by atoms with Gasteiger partial charge in [-0.25, -0.2) is 8.78 Å². The minimum absolute atomic E-state index is 0.264. The molecule has 3 rings (SSSR count). The number of rotatable bonds is 3. The van der Waals surface area contributed by atoms with Crippen LogP contribution in [0.5, 0.6) is 0 Å². The van der Waals surface area contributed by atoms with Crippen LogP contribution >= 0.6 is 11.8 Å². The molecular weight excluding hydrogens is 296 g/mol. The lowest BCUT2D eigenvalue weighted by atomic mass is 10.2. The van der Waals surface area contributed by atoms with Gasteiger partial charge in [-0.1, -0.05) is 17.8 Å². The summed E-state index contributed by atoms with van der Waals surface area (Å²) in [5.74, 6) is -0.488. The standard InChI is InChI=1S/C13H7F2N5S/c14-12(15)13-18-17-10-4-5-11(19-20(10)13)21-9-3-1-2-8(6-9)7-16/h1-6,12H. The number of alkyl halides is 2. The van der Waals surface area contributed by atoms with Crippen molar-refractivity contribution in [3.63, 3.8) is 0 Å². The molecule has 0 bridgehead atoms. The largest absolute Gasteiger partial charge is 0.299 e. The molecule has 3 aromatic rings. The molecular formula is C13H7F2N5S. The van der Waals surface area contributed by atoms with E-state index in [-0.39, 0.29) is 5.65 Å². The molecule has 104 valence electrons. The summed E-state index contributed by atoms with van der Waals surface area (Å²) in [6.07, 6.45) is -2.74. The average molecular weight is 303 g/mol. The van der Waals surface area contributed by atoms with Gasteiger partial charge >= 0.3 is 0 Å². The molecule has 0 N–H and O–H groups in total. The van der Waals surface area contributed by atoms with Gasteiger partial charge in [0, 0.05) is 4.90 Å². The van der Waals surface area contributed by atoms with Crippen molar-refractivity contribution >= 4 is 17.4 Å². The fourth-order valence-corrected chi connectivity index (χ4v) is 2.56. The molecule has 0 aliphatic carbocycles. The van der Waals surface area contributed by atoms with Crippen molar-refractivity contribution in [1.29, 1.82) is 5.26 Å². The highest BCUT2D eigenvalue weighted by Crippen LogP contribution is 2.27. The number of hydrogen-bond donors (Lipinski definition) is 0.